The maximum absolute atomic E-state index is 10.4. The van der Waals surface area contributed by atoms with E-state index in [4.69, 9.17) is 5.11 Å². The summed E-state index contributed by atoms with van der Waals surface area (Å²) in [4.78, 5) is 13.3. The molecule has 2 aromatic heterocycles. The van der Waals surface area contributed by atoms with Crippen molar-refractivity contribution >= 4 is 49.4 Å². The van der Waals surface area contributed by atoms with Gasteiger partial charge < -0.3 is 5.11 Å². The number of alkyl halides is 3. The van der Waals surface area contributed by atoms with Crippen LogP contribution in [0.4, 0.5) is 13.2 Å². The number of hydrogen-bond donors (Lipinski definition) is 1. The van der Waals surface area contributed by atoms with E-state index >= 15 is 0 Å². The van der Waals surface area contributed by atoms with Gasteiger partial charge in [-0.25, -0.2) is 0 Å². The van der Waals surface area contributed by atoms with Crippen LogP contribution in [0.3, 0.4) is 0 Å². The SMILES string of the molecule is CC.CC(=O)C=C(C)O.CC(F)(F)F.[Ir].[c-]1ccc2ccccc2c1-n1nc2ccccc2n1.[c-]1ccc2ccccc2c1-n1nc2ccccc2n1. The van der Waals surface area contributed by atoms with Crippen LogP contribution in [0, 0.1) is 12.1 Å². The molecular formula is C41H37F3IrN6O2-2. The van der Waals surface area contributed by atoms with Crippen LogP contribution >= 0.6 is 0 Å². The van der Waals surface area contributed by atoms with Crippen LogP contribution in [-0.4, -0.2) is 47.1 Å². The van der Waals surface area contributed by atoms with Crippen molar-refractivity contribution in [3.63, 3.8) is 0 Å². The van der Waals surface area contributed by atoms with E-state index in [1.807, 2.05) is 111 Å². The topological polar surface area (TPSA) is 98.7 Å². The summed E-state index contributed by atoms with van der Waals surface area (Å²) in [6, 6.07) is 46.4. The quantitative estimate of drug-likeness (QED) is 0.108. The third-order valence-electron chi connectivity index (χ3n) is 6.78. The molecule has 0 bridgehead atoms. The second-order valence-electron chi connectivity index (χ2n) is 11.0. The van der Waals surface area contributed by atoms with E-state index in [2.05, 4.69) is 56.8 Å². The Morgan fingerprint density at radius 2 is 0.925 bits per heavy atom. The predicted octanol–water partition coefficient (Wildman–Crippen LogP) is 10.4. The number of nitrogens with zero attached hydrogens (tertiary/aromatic N) is 6. The van der Waals surface area contributed by atoms with Crippen LogP contribution in [0.15, 0.2) is 133 Å². The minimum absolute atomic E-state index is 0. The van der Waals surface area contributed by atoms with Crippen LogP contribution in [-0.2, 0) is 24.9 Å². The Bertz CT molecular complexity index is 2190. The molecule has 53 heavy (non-hydrogen) atoms. The van der Waals surface area contributed by atoms with Crippen LogP contribution in [0.1, 0.15) is 34.6 Å². The summed E-state index contributed by atoms with van der Waals surface area (Å²) in [5.41, 5.74) is 5.34. The number of aromatic nitrogens is 6. The van der Waals surface area contributed by atoms with Crippen molar-refractivity contribution in [1.29, 1.82) is 0 Å². The zero-order valence-electron chi connectivity index (χ0n) is 29.6. The first-order valence-corrected chi connectivity index (χ1v) is 16.3. The summed E-state index contributed by atoms with van der Waals surface area (Å²) in [7, 11) is 0. The van der Waals surface area contributed by atoms with Crippen LogP contribution < -0.4 is 0 Å². The van der Waals surface area contributed by atoms with E-state index in [-0.39, 0.29) is 38.6 Å². The molecule has 0 saturated heterocycles. The smallest absolute Gasteiger partial charge is 0.386 e. The Morgan fingerprint density at radius 1 is 0.623 bits per heavy atom. The minimum Gasteiger partial charge on any atom is -0.512 e. The minimum atomic E-state index is -4.00. The summed E-state index contributed by atoms with van der Waals surface area (Å²) in [6.07, 6.45) is -2.83. The molecule has 0 amide bonds. The maximum atomic E-state index is 10.4. The molecule has 8 nitrogen and oxygen atoms in total. The number of halogens is 3. The van der Waals surface area contributed by atoms with Crippen LogP contribution in [0.25, 0.3) is 55.0 Å². The molecular weight excluding hydrogens is 858 g/mol. The Balaban J connectivity index is 0.000000210. The first kappa shape index (κ1) is 41.7. The summed E-state index contributed by atoms with van der Waals surface area (Å²) >= 11 is 0. The number of carbonyl (C=O) groups excluding carboxylic acids is 1. The van der Waals surface area contributed by atoms with Gasteiger partial charge in [0.15, 0.2) is 5.78 Å². The number of carbonyl (C=O) groups is 1. The third-order valence-corrected chi connectivity index (χ3v) is 6.78. The zero-order chi connectivity index (χ0) is 37.7. The number of allylic oxidation sites excluding steroid dienone is 2. The van der Waals surface area contributed by atoms with Crippen molar-refractivity contribution in [3.8, 4) is 11.4 Å². The molecule has 275 valence electrons. The van der Waals surface area contributed by atoms with E-state index in [0.717, 1.165) is 55.0 Å². The molecule has 1 radical (unpaired) electrons. The van der Waals surface area contributed by atoms with Crippen molar-refractivity contribution in [2.75, 3.05) is 0 Å². The van der Waals surface area contributed by atoms with Crippen LogP contribution in [0.2, 0.25) is 0 Å². The monoisotopic (exact) mass is 895 g/mol. The van der Waals surface area contributed by atoms with Gasteiger partial charge in [0.2, 0.25) is 0 Å². The Hall–Kier alpha value is -5.71. The van der Waals surface area contributed by atoms with E-state index in [1.54, 1.807) is 9.59 Å². The normalized spacial score (nSPS) is 10.8. The van der Waals surface area contributed by atoms with Crippen molar-refractivity contribution in [1.82, 2.24) is 30.0 Å². The molecule has 8 aromatic rings. The first-order chi connectivity index (χ1) is 25.0. The number of rotatable bonds is 3. The van der Waals surface area contributed by atoms with Crippen LogP contribution in [0.5, 0.6) is 0 Å². The van der Waals surface area contributed by atoms with Crippen molar-refractivity contribution in [2.24, 2.45) is 0 Å². The second kappa shape index (κ2) is 19.8. The molecule has 1 N–H and O–H groups in total. The number of benzene rings is 6. The standard InChI is InChI=1S/2C16H10N3.C5H8O2.C2H3F3.C2H6.Ir/c2*1-2-8-13-12(6-1)7-5-11-16(13)19-17-14-9-3-4-10-15(14)18-19;1-4(6)3-5(2)7;1-2(3,4)5;1-2;/h2*1-10H;3,6H,1-2H3;1H3;1-2H3;/q2*-1;;;;. The fraction of sp³-hybridized carbons (Fsp3) is 0.146. The van der Waals surface area contributed by atoms with Gasteiger partial charge in [-0.3, -0.25) is 4.79 Å². The van der Waals surface area contributed by atoms with Crippen molar-refractivity contribution in [3.05, 3.63) is 145 Å². The molecule has 2 heterocycles. The van der Waals surface area contributed by atoms with Gasteiger partial charge in [0.1, 0.15) is 22.1 Å². The molecule has 6 aromatic carbocycles. The van der Waals surface area contributed by atoms with E-state index in [0.29, 0.717) is 0 Å². The fourth-order valence-corrected chi connectivity index (χ4v) is 4.84. The molecule has 12 heteroatoms. The van der Waals surface area contributed by atoms with Gasteiger partial charge >= 0.3 is 6.18 Å². The Morgan fingerprint density at radius 3 is 1.21 bits per heavy atom. The first-order valence-electron chi connectivity index (χ1n) is 16.3. The molecule has 0 saturated carbocycles. The number of ketones is 1. The van der Waals surface area contributed by atoms with E-state index in [9.17, 15) is 18.0 Å². The average molecular weight is 895 g/mol. The Kier molecular flexibility index (Phi) is 15.6. The van der Waals surface area contributed by atoms with Gasteiger partial charge in [0, 0.05) is 33.1 Å². The fourth-order valence-electron chi connectivity index (χ4n) is 4.84. The van der Waals surface area contributed by atoms with E-state index in [1.165, 1.54) is 19.9 Å². The molecule has 0 aliphatic heterocycles. The summed E-state index contributed by atoms with van der Waals surface area (Å²) in [6.45, 7) is 7.04. The zero-order valence-corrected chi connectivity index (χ0v) is 32.0. The Labute approximate surface area is 318 Å². The molecule has 0 aliphatic carbocycles. The van der Waals surface area contributed by atoms with E-state index < -0.39 is 6.18 Å². The number of fused-ring (bicyclic) bond motifs is 4. The molecule has 0 aliphatic rings. The molecule has 0 unspecified atom stereocenters. The molecule has 0 fully saturated rings. The number of aliphatic hydroxyl groups is 1. The maximum Gasteiger partial charge on any atom is 0.386 e. The molecule has 0 spiro atoms. The van der Waals surface area contributed by atoms with Gasteiger partial charge in [-0.1, -0.05) is 74.5 Å². The number of aliphatic hydroxyl groups excluding tert-OH is 1. The number of hydrogen-bond acceptors (Lipinski definition) is 6. The van der Waals surface area contributed by atoms with Gasteiger partial charge in [-0.15, -0.1) is 33.7 Å². The summed E-state index contributed by atoms with van der Waals surface area (Å²) in [5, 5.41) is 30.9. The van der Waals surface area contributed by atoms with Gasteiger partial charge in [0.05, 0.1) is 5.76 Å². The summed E-state index contributed by atoms with van der Waals surface area (Å²) in [5.74, 6) is -0.0625. The van der Waals surface area contributed by atoms with Crippen molar-refractivity contribution in [2.45, 2.75) is 40.8 Å². The van der Waals surface area contributed by atoms with Gasteiger partial charge in [-0.2, -0.15) is 79.6 Å². The second-order valence-corrected chi connectivity index (χ2v) is 11.0. The van der Waals surface area contributed by atoms with Crippen molar-refractivity contribution < 1.29 is 43.2 Å². The molecule has 8 rings (SSSR count). The van der Waals surface area contributed by atoms with Gasteiger partial charge in [0.25, 0.3) is 0 Å². The summed E-state index contributed by atoms with van der Waals surface area (Å²) < 4.78 is 31.1. The van der Waals surface area contributed by atoms with Gasteiger partial charge in [-0.05, 0) is 49.5 Å². The largest absolute Gasteiger partial charge is 0.512 e. The average Bonchev–Trinajstić information content (AvgIpc) is 3.76. The molecule has 0 atom stereocenters. The predicted molar refractivity (Wildman–Crippen MR) is 201 cm³/mol. The third kappa shape index (κ3) is 12.2.